The number of rotatable bonds is 3. The summed E-state index contributed by atoms with van der Waals surface area (Å²) in [4.78, 5) is 11.0. The van der Waals surface area contributed by atoms with Crippen LogP contribution in [-0.2, 0) is 0 Å². The van der Waals surface area contributed by atoms with Crippen LogP contribution in [0.4, 0.5) is 0 Å². The van der Waals surface area contributed by atoms with Gasteiger partial charge in [-0.3, -0.25) is 4.79 Å². The van der Waals surface area contributed by atoms with Crippen molar-refractivity contribution in [3.8, 4) is 11.5 Å². The number of halogens is 1. The van der Waals surface area contributed by atoms with Gasteiger partial charge in [-0.15, -0.1) is 0 Å². The molecule has 0 aliphatic carbocycles. The molecule has 0 radical (unpaired) electrons. The summed E-state index contributed by atoms with van der Waals surface area (Å²) in [5.74, 6) is 1.27. The molecule has 0 N–H and O–H groups in total. The molecular weight excluding hydrogens is 260 g/mol. The monoisotopic (exact) mass is 274 g/mol. The van der Waals surface area contributed by atoms with Gasteiger partial charge < -0.3 is 4.74 Å². The molecule has 98 valence electrons. The van der Waals surface area contributed by atoms with Crippen LogP contribution in [0, 0.1) is 20.8 Å². The van der Waals surface area contributed by atoms with Crippen molar-refractivity contribution in [3.63, 3.8) is 0 Å². The van der Waals surface area contributed by atoms with E-state index in [2.05, 4.69) is 6.07 Å². The lowest BCUT2D eigenvalue weighted by atomic mass is 10.1. The van der Waals surface area contributed by atoms with E-state index in [-0.39, 0.29) is 0 Å². The maximum atomic E-state index is 11.0. The van der Waals surface area contributed by atoms with Gasteiger partial charge in [0.1, 0.15) is 11.5 Å². The van der Waals surface area contributed by atoms with Crippen LogP contribution >= 0.6 is 11.6 Å². The normalized spacial score (nSPS) is 10.3. The Balaban J connectivity index is 2.50. The van der Waals surface area contributed by atoms with Gasteiger partial charge >= 0.3 is 0 Å². The Morgan fingerprint density at radius 1 is 1.05 bits per heavy atom. The highest BCUT2D eigenvalue weighted by Crippen LogP contribution is 2.33. The number of hydrogen-bond acceptors (Lipinski definition) is 2. The summed E-state index contributed by atoms with van der Waals surface area (Å²) in [5, 5.41) is 0.545. The first-order chi connectivity index (χ1) is 9.02. The Morgan fingerprint density at radius 3 is 2.42 bits per heavy atom. The lowest BCUT2D eigenvalue weighted by Crippen LogP contribution is -1.96. The highest BCUT2D eigenvalue weighted by atomic mass is 35.5. The zero-order valence-corrected chi connectivity index (χ0v) is 11.9. The van der Waals surface area contributed by atoms with E-state index in [0.29, 0.717) is 16.3 Å². The van der Waals surface area contributed by atoms with Gasteiger partial charge in [0.25, 0.3) is 0 Å². The first-order valence-corrected chi connectivity index (χ1v) is 6.40. The number of benzene rings is 2. The topological polar surface area (TPSA) is 26.3 Å². The van der Waals surface area contributed by atoms with Gasteiger partial charge in [-0.05, 0) is 49.6 Å². The molecule has 0 bridgehead atoms. The molecule has 0 fully saturated rings. The molecule has 2 aromatic rings. The number of aldehydes is 1. The summed E-state index contributed by atoms with van der Waals surface area (Å²) < 4.78 is 5.91. The maximum Gasteiger partial charge on any atom is 0.153 e. The Labute approximate surface area is 118 Å². The molecule has 0 aliphatic rings. The van der Waals surface area contributed by atoms with Crippen molar-refractivity contribution >= 4 is 17.9 Å². The molecule has 2 nitrogen and oxygen atoms in total. The molecule has 0 heterocycles. The van der Waals surface area contributed by atoms with Crippen molar-refractivity contribution in [3.05, 3.63) is 57.6 Å². The number of aryl methyl sites for hydroxylation is 2. The zero-order chi connectivity index (χ0) is 14.0. The van der Waals surface area contributed by atoms with Crippen molar-refractivity contribution in [2.75, 3.05) is 0 Å². The fourth-order valence-corrected chi connectivity index (χ4v) is 2.05. The van der Waals surface area contributed by atoms with E-state index in [1.807, 2.05) is 26.8 Å². The second-order valence-electron chi connectivity index (χ2n) is 4.56. The lowest BCUT2D eigenvalue weighted by molar-refractivity contribution is 0.112. The Bertz CT molecular complexity index is 633. The minimum absolute atomic E-state index is 0.485. The van der Waals surface area contributed by atoms with Crippen LogP contribution in [0.3, 0.4) is 0 Å². The average Bonchev–Trinajstić information content (AvgIpc) is 2.39. The summed E-state index contributed by atoms with van der Waals surface area (Å²) in [6.07, 6.45) is 0.770. The predicted molar refractivity (Wildman–Crippen MR) is 77.6 cm³/mol. The van der Waals surface area contributed by atoms with Crippen molar-refractivity contribution in [2.45, 2.75) is 20.8 Å². The number of carbonyl (C=O) groups excluding carboxylic acids is 1. The summed E-state index contributed by atoms with van der Waals surface area (Å²) in [6, 6.07) is 9.05. The number of ether oxygens (including phenoxy) is 1. The third-order valence-electron chi connectivity index (χ3n) is 3.19. The molecule has 19 heavy (non-hydrogen) atoms. The molecule has 3 heteroatoms. The van der Waals surface area contributed by atoms with Crippen LogP contribution in [0.15, 0.2) is 30.3 Å². The van der Waals surface area contributed by atoms with Crippen LogP contribution in [0.2, 0.25) is 5.02 Å². The number of hydrogen-bond donors (Lipinski definition) is 0. The second kappa shape index (κ2) is 5.45. The molecule has 0 amide bonds. The fourth-order valence-electron chi connectivity index (χ4n) is 1.89. The highest BCUT2D eigenvalue weighted by molar-refractivity contribution is 6.30. The summed E-state index contributed by atoms with van der Waals surface area (Å²) in [6.45, 7) is 6.01. The summed E-state index contributed by atoms with van der Waals surface area (Å²) in [7, 11) is 0. The fraction of sp³-hybridized carbons (Fsp3) is 0.188. The zero-order valence-electron chi connectivity index (χ0n) is 11.2. The molecular formula is C16H15ClO2. The van der Waals surface area contributed by atoms with Gasteiger partial charge in [0.05, 0.1) is 5.56 Å². The van der Waals surface area contributed by atoms with Crippen LogP contribution in [-0.4, -0.2) is 6.29 Å². The molecule has 0 atom stereocenters. The van der Waals surface area contributed by atoms with E-state index in [1.54, 1.807) is 18.2 Å². The van der Waals surface area contributed by atoms with E-state index in [9.17, 15) is 4.79 Å². The lowest BCUT2D eigenvalue weighted by Gasteiger charge is -2.15. The minimum Gasteiger partial charge on any atom is -0.456 e. The summed E-state index contributed by atoms with van der Waals surface area (Å²) >= 11 is 5.95. The van der Waals surface area contributed by atoms with E-state index in [4.69, 9.17) is 16.3 Å². The van der Waals surface area contributed by atoms with Crippen molar-refractivity contribution in [1.29, 1.82) is 0 Å². The van der Waals surface area contributed by atoms with Crippen molar-refractivity contribution < 1.29 is 9.53 Å². The van der Waals surface area contributed by atoms with E-state index >= 15 is 0 Å². The molecule has 2 aromatic carbocycles. The standard InChI is InChI=1S/C16H15ClO2/c1-10-4-5-11(2)16(12(10)3)19-15-8-14(17)7-6-13(15)9-18/h4-9H,1-3H3. The molecule has 2 rings (SSSR count). The molecule has 0 saturated carbocycles. The van der Waals surface area contributed by atoms with Gasteiger partial charge in [0.2, 0.25) is 0 Å². The van der Waals surface area contributed by atoms with Gasteiger partial charge in [-0.2, -0.15) is 0 Å². The largest absolute Gasteiger partial charge is 0.456 e. The first-order valence-electron chi connectivity index (χ1n) is 6.02. The van der Waals surface area contributed by atoms with Crippen molar-refractivity contribution in [1.82, 2.24) is 0 Å². The molecule has 0 saturated heterocycles. The van der Waals surface area contributed by atoms with Gasteiger partial charge in [0, 0.05) is 11.1 Å². The minimum atomic E-state index is 0.485. The Kier molecular flexibility index (Phi) is 3.91. The molecule has 0 aliphatic heterocycles. The molecule has 0 spiro atoms. The first kappa shape index (κ1) is 13.6. The average molecular weight is 275 g/mol. The van der Waals surface area contributed by atoms with Crippen LogP contribution in [0.25, 0.3) is 0 Å². The summed E-state index contributed by atoms with van der Waals surface area (Å²) in [5.41, 5.74) is 3.73. The highest BCUT2D eigenvalue weighted by Gasteiger charge is 2.11. The SMILES string of the molecule is Cc1ccc(C)c(Oc2cc(Cl)ccc2C=O)c1C. The third-order valence-corrected chi connectivity index (χ3v) is 3.42. The second-order valence-corrected chi connectivity index (χ2v) is 4.99. The number of carbonyl (C=O) groups is 1. The van der Waals surface area contributed by atoms with Gasteiger partial charge in [-0.25, -0.2) is 0 Å². The third kappa shape index (κ3) is 2.79. The molecule has 0 unspecified atom stereocenters. The van der Waals surface area contributed by atoms with Crippen LogP contribution in [0.1, 0.15) is 27.0 Å². The van der Waals surface area contributed by atoms with E-state index in [0.717, 1.165) is 28.7 Å². The molecule has 0 aromatic heterocycles. The smallest absolute Gasteiger partial charge is 0.153 e. The quantitative estimate of drug-likeness (QED) is 0.747. The maximum absolute atomic E-state index is 11.0. The van der Waals surface area contributed by atoms with Gasteiger partial charge in [0.15, 0.2) is 6.29 Å². The predicted octanol–water partition coefficient (Wildman–Crippen LogP) is 4.87. The van der Waals surface area contributed by atoms with E-state index < -0.39 is 0 Å². The van der Waals surface area contributed by atoms with E-state index in [1.165, 1.54) is 0 Å². The van der Waals surface area contributed by atoms with Gasteiger partial charge in [-0.1, -0.05) is 23.7 Å². The van der Waals surface area contributed by atoms with Crippen LogP contribution < -0.4 is 4.74 Å². The Hall–Kier alpha value is -1.80. The Morgan fingerprint density at radius 2 is 1.74 bits per heavy atom. The van der Waals surface area contributed by atoms with Crippen LogP contribution in [0.5, 0.6) is 11.5 Å². The van der Waals surface area contributed by atoms with Crippen molar-refractivity contribution in [2.24, 2.45) is 0 Å².